The van der Waals surface area contributed by atoms with Gasteiger partial charge in [-0.3, -0.25) is 9.59 Å². The third-order valence-corrected chi connectivity index (χ3v) is 3.42. The van der Waals surface area contributed by atoms with Gasteiger partial charge in [-0.1, -0.05) is 12.1 Å². The molecule has 116 valence electrons. The van der Waals surface area contributed by atoms with Crippen molar-refractivity contribution in [3.05, 3.63) is 75.6 Å². The lowest BCUT2D eigenvalue weighted by Crippen LogP contribution is -2.22. The van der Waals surface area contributed by atoms with Crippen LogP contribution in [-0.2, 0) is 0 Å². The molecule has 0 aliphatic heterocycles. The Balaban J connectivity index is 2.05. The number of benzene rings is 2. The van der Waals surface area contributed by atoms with Crippen LogP contribution in [0.5, 0.6) is 0 Å². The van der Waals surface area contributed by atoms with E-state index in [-0.39, 0.29) is 16.5 Å². The van der Waals surface area contributed by atoms with E-state index in [9.17, 15) is 18.4 Å². The lowest BCUT2D eigenvalue weighted by Gasteiger charge is -2.07. The summed E-state index contributed by atoms with van der Waals surface area (Å²) in [6.07, 6.45) is 1.15. The SMILES string of the molecule is Cc1cccc(NC(=O)c2c[nH]c3cc(F)cc(F)c3c2=O)c1. The maximum Gasteiger partial charge on any atom is 0.261 e. The first-order chi connectivity index (χ1) is 11.0. The predicted molar refractivity (Wildman–Crippen MR) is 83.6 cm³/mol. The zero-order valence-corrected chi connectivity index (χ0v) is 12.1. The zero-order chi connectivity index (χ0) is 16.6. The van der Waals surface area contributed by atoms with Crippen molar-refractivity contribution in [1.29, 1.82) is 0 Å². The lowest BCUT2D eigenvalue weighted by molar-refractivity contribution is 0.102. The van der Waals surface area contributed by atoms with Gasteiger partial charge < -0.3 is 10.3 Å². The van der Waals surface area contributed by atoms with Gasteiger partial charge in [0.05, 0.1) is 10.9 Å². The number of hydrogen-bond acceptors (Lipinski definition) is 2. The number of hydrogen-bond donors (Lipinski definition) is 2. The average molecular weight is 314 g/mol. The summed E-state index contributed by atoms with van der Waals surface area (Å²) in [5, 5.41) is 2.24. The van der Waals surface area contributed by atoms with Crippen molar-refractivity contribution in [3.63, 3.8) is 0 Å². The molecule has 0 fully saturated rings. The number of rotatable bonds is 2. The number of H-pyrrole nitrogens is 1. The molecule has 0 atom stereocenters. The second-order valence-electron chi connectivity index (χ2n) is 5.17. The highest BCUT2D eigenvalue weighted by Crippen LogP contribution is 2.16. The van der Waals surface area contributed by atoms with E-state index in [1.807, 2.05) is 13.0 Å². The summed E-state index contributed by atoms with van der Waals surface area (Å²) in [6, 6.07) is 8.65. The van der Waals surface area contributed by atoms with Crippen molar-refractivity contribution in [2.45, 2.75) is 6.92 Å². The quantitative estimate of drug-likeness (QED) is 0.762. The van der Waals surface area contributed by atoms with Crippen LogP contribution in [0.3, 0.4) is 0 Å². The minimum absolute atomic E-state index is 0.000365. The Morgan fingerprint density at radius 1 is 1.17 bits per heavy atom. The molecule has 23 heavy (non-hydrogen) atoms. The molecule has 3 rings (SSSR count). The van der Waals surface area contributed by atoms with E-state index in [1.165, 1.54) is 0 Å². The molecule has 2 N–H and O–H groups in total. The molecule has 0 spiro atoms. The third kappa shape index (κ3) is 2.83. The summed E-state index contributed by atoms with van der Waals surface area (Å²) in [6.45, 7) is 1.86. The normalized spacial score (nSPS) is 10.7. The van der Waals surface area contributed by atoms with Crippen LogP contribution < -0.4 is 10.7 Å². The molecule has 6 heteroatoms. The molecule has 0 unspecified atom stereocenters. The van der Waals surface area contributed by atoms with E-state index < -0.39 is 23.0 Å². The Labute approximate surface area is 129 Å². The van der Waals surface area contributed by atoms with Crippen molar-refractivity contribution >= 4 is 22.5 Å². The van der Waals surface area contributed by atoms with E-state index in [0.717, 1.165) is 17.8 Å². The molecule has 0 aliphatic carbocycles. The topological polar surface area (TPSA) is 62.0 Å². The van der Waals surface area contributed by atoms with Gasteiger partial charge in [-0.15, -0.1) is 0 Å². The molecule has 3 aromatic rings. The molecule has 0 saturated heterocycles. The van der Waals surface area contributed by atoms with Crippen molar-refractivity contribution in [2.75, 3.05) is 5.32 Å². The Morgan fingerprint density at radius 3 is 2.70 bits per heavy atom. The molecule has 2 aromatic carbocycles. The summed E-state index contributed by atoms with van der Waals surface area (Å²) in [5.41, 5.74) is 0.427. The number of aromatic nitrogens is 1. The molecular formula is C17H12F2N2O2. The van der Waals surface area contributed by atoms with Crippen molar-refractivity contribution in [3.8, 4) is 0 Å². The lowest BCUT2D eigenvalue weighted by atomic mass is 10.1. The number of pyridine rings is 1. The number of fused-ring (bicyclic) bond motifs is 1. The molecule has 1 aromatic heterocycles. The molecule has 0 radical (unpaired) electrons. The molecule has 0 bridgehead atoms. The number of aryl methyl sites for hydroxylation is 1. The van der Waals surface area contributed by atoms with Crippen molar-refractivity contribution in [1.82, 2.24) is 4.98 Å². The van der Waals surface area contributed by atoms with Crippen molar-refractivity contribution < 1.29 is 13.6 Å². The number of halogens is 2. The number of anilines is 1. The number of carbonyl (C=O) groups is 1. The standard InChI is InChI=1S/C17H12F2N2O2/c1-9-3-2-4-11(5-9)21-17(23)12-8-20-14-7-10(18)6-13(19)15(14)16(12)22/h2-8H,1H3,(H,20,22)(H,21,23). The van der Waals surface area contributed by atoms with Gasteiger partial charge in [-0.25, -0.2) is 8.78 Å². The van der Waals surface area contributed by atoms with Gasteiger partial charge in [-0.05, 0) is 30.7 Å². The van der Waals surface area contributed by atoms with Gasteiger partial charge in [0.25, 0.3) is 5.91 Å². The molecule has 0 saturated carbocycles. The minimum atomic E-state index is -1.01. The molecule has 4 nitrogen and oxygen atoms in total. The Morgan fingerprint density at radius 2 is 1.96 bits per heavy atom. The van der Waals surface area contributed by atoms with E-state index in [1.54, 1.807) is 18.2 Å². The summed E-state index contributed by atoms with van der Waals surface area (Å²) >= 11 is 0. The monoisotopic (exact) mass is 314 g/mol. The van der Waals surface area contributed by atoms with Gasteiger partial charge in [0.2, 0.25) is 5.43 Å². The van der Waals surface area contributed by atoms with Crippen molar-refractivity contribution in [2.24, 2.45) is 0 Å². The van der Waals surface area contributed by atoms with Crippen LogP contribution in [0.15, 0.2) is 47.4 Å². The number of amides is 1. The maximum atomic E-state index is 13.8. The van der Waals surface area contributed by atoms with E-state index in [0.29, 0.717) is 11.8 Å². The highest BCUT2D eigenvalue weighted by molar-refractivity contribution is 6.05. The molecular weight excluding hydrogens is 302 g/mol. The summed E-state index contributed by atoms with van der Waals surface area (Å²) in [5.74, 6) is -2.48. The number of aromatic amines is 1. The second kappa shape index (κ2) is 5.64. The van der Waals surface area contributed by atoms with Crippen LogP contribution in [0.1, 0.15) is 15.9 Å². The minimum Gasteiger partial charge on any atom is -0.360 e. The second-order valence-corrected chi connectivity index (χ2v) is 5.17. The highest BCUT2D eigenvalue weighted by atomic mass is 19.1. The van der Waals surface area contributed by atoms with Crippen LogP contribution in [0.4, 0.5) is 14.5 Å². The van der Waals surface area contributed by atoms with Gasteiger partial charge in [0.15, 0.2) is 0 Å². The van der Waals surface area contributed by atoms with Gasteiger partial charge in [0, 0.05) is 18.0 Å². The van der Waals surface area contributed by atoms with Crippen LogP contribution in [0, 0.1) is 18.6 Å². The number of carbonyl (C=O) groups excluding carboxylic acids is 1. The fraction of sp³-hybridized carbons (Fsp3) is 0.0588. The first-order valence-electron chi connectivity index (χ1n) is 6.84. The maximum absolute atomic E-state index is 13.8. The molecule has 1 amide bonds. The van der Waals surface area contributed by atoms with Crippen LogP contribution in [0.25, 0.3) is 10.9 Å². The Bertz CT molecular complexity index is 980. The first kappa shape index (κ1) is 14.9. The highest BCUT2D eigenvalue weighted by Gasteiger charge is 2.16. The molecule has 0 aliphatic rings. The average Bonchev–Trinajstić information content (AvgIpc) is 2.46. The fourth-order valence-electron chi connectivity index (χ4n) is 2.36. The summed E-state index contributed by atoms with van der Waals surface area (Å²) in [4.78, 5) is 27.1. The first-order valence-corrected chi connectivity index (χ1v) is 6.84. The third-order valence-electron chi connectivity index (χ3n) is 3.42. The Kier molecular flexibility index (Phi) is 3.65. The largest absolute Gasteiger partial charge is 0.360 e. The fourth-order valence-corrected chi connectivity index (χ4v) is 2.36. The summed E-state index contributed by atoms with van der Waals surface area (Å²) < 4.78 is 27.0. The van der Waals surface area contributed by atoms with Crippen LogP contribution >= 0.6 is 0 Å². The van der Waals surface area contributed by atoms with Gasteiger partial charge in [0.1, 0.15) is 17.2 Å². The van der Waals surface area contributed by atoms with Gasteiger partial charge >= 0.3 is 0 Å². The zero-order valence-electron chi connectivity index (χ0n) is 12.1. The van der Waals surface area contributed by atoms with E-state index in [2.05, 4.69) is 10.3 Å². The van der Waals surface area contributed by atoms with E-state index in [4.69, 9.17) is 0 Å². The number of nitrogens with one attached hydrogen (secondary N) is 2. The Hall–Kier alpha value is -3.02. The van der Waals surface area contributed by atoms with Crippen LogP contribution in [-0.4, -0.2) is 10.9 Å². The summed E-state index contributed by atoms with van der Waals surface area (Å²) in [7, 11) is 0. The molecule has 1 heterocycles. The van der Waals surface area contributed by atoms with E-state index >= 15 is 0 Å². The van der Waals surface area contributed by atoms with Crippen LogP contribution in [0.2, 0.25) is 0 Å². The van der Waals surface area contributed by atoms with Gasteiger partial charge in [-0.2, -0.15) is 0 Å². The smallest absolute Gasteiger partial charge is 0.261 e. The predicted octanol–water partition coefficient (Wildman–Crippen LogP) is 3.37.